The summed E-state index contributed by atoms with van der Waals surface area (Å²) in [4.78, 5) is 20.6. The lowest BCUT2D eigenvalue weighted by molar-refractivity contribution is -0.138. The molecule has 0 aliphatic rings. The third-order valence-electron chi connectivity index (χ3n) is 10.6. The predicted molar refractivity (Wildman–Crippen MR) is 261 cm³/mol. The molecular formula is C54H102O5. The number of carboxylic acids is 2. The molecule has 0 heterocycles. The molecule has 0 amide bonds. The van der Waals surface area contributed by atoms with Crippen LogP contribution in [-0.2, 0) is 9.59 Å². The second-order valence-corrected chi connectivity index (χ2v) is 17.3. The van der Waals surface area contributed by atoms with E-state index in [1.165, 1.54) is 173 Å². The van der Waals surface area contributed by atoms with Gasteiger partial charge in [0, 0.05) is 19.4 Å². The van der Waals surface area contributed by atoms with Crippen LogP contribution < -0.4 is 0 Å². The molecule has 0 aromatic rings. The molecule has 0 saturated heterocycles. The van der Waals surface area contributed by atoms with Gasteiger partial charge in [0.15, 0.2) is 0 Å². The zero-order valence-corrected chi connectivity index (χ0v) is 39.9. The molecule has 0 saturated carbocycles. The summed E-state index contributed by atoms with van der Waals surface area (Å²) in [7, 11) is 0. The van der Waals surface area contributed by atoms with Crippen molar-refractivity contribution in [3.8, 4) is 0 Å². The molecular weight excluding hydrogens is 729 g/mol. The monoisotopic (exact) mass is 831 g/mol. The van der Waals surface area contributed by atoms with Gasteiger partial charge in [0.2, 0.25) is 0 Å². The number of unbranched alkanes of at least 4 members (excludes halogenated alkanes) is 28. The van der Waals surface area contributed by atoms with Gasteiger partial charge in [0.25, 0.3) is 0 Å². The van der Waals surface area contributed by atoms with Gasteiger partial charge < -0.3 is 15.3 Å². The molecule has 0 unspecified atom stereocenters. The fourth-order valence-corrected chi connectivity index (χ4v) is 6.78. The van der Waals surface area contributed by atoms with Crippen LogP contribution in [0.5, 0.6) is 0 Å². The number of carbonyl (C=O) groups is 2. The van der Waals surface area contributed by atoms with Crippen molar-refractivity contribution in [2.45, 2.75) is 272 Å². The van der Waals surface area contributed by atoms with E-state index in [4.69, 9.17) is 15.3 Å². The van der Waals surface area contributed by atoms with Crippen LogP contribution in [0.25, 0.3) is 0 Å². The summed E-state index contributed by atoms with van der Waals surface area (Å²) < 4.78 is 0. The van der Waals surface area contributed by atoms with Crippen LogP contribution in [0.1, 0.15) is 272 Å². The lowest BCUT2D eigenvalue weighted by Crippen LogP contribution is -1.93. The Hall–Kier alpha value is -2.14. The fraction of sp³-hybridized carbons (Fsp3) is 0.815. The maximum Gasteiger partial charge on any atom is 0.303 e. The van der Waals surface area contributed by atoms with Crippen molar-refractivity contribution < 1.29 is 24.9 Å². The van der Waals surface area contributed by atoms with E-state index in [-0.39, 0.29) is 0 Å². The van der Waals surface area contributed by atoms with Gasteiger partial charge in [0.05, 0.1) is 0 Å². The molecule has 0 atom stereocenters. The normalized spacial score (nSPS) is 11.6. The summed E-state index contributed by atoms with van der Waals surface area (Å²) in [6, 6.07) is 0. The first-order chi connectivity index (χ1) is 28.8. The van der Waals surface area contributed by atoms with E-state index in [1.807, 2.05) is 0 Å². The van der Waals surface area contributed by atoms with Crippen molar-refractivity contribution in [3.63, 3.8) is 0 Å². The summed E-state index contributed by atoms with van der Waals surface area (Å²) in [6.07, 6.45) is 63.8. The number of hydrogen-bond donors (Lipinski definition) is 3. The van der Waals surface area contributed by atoms with E-state index >= 15 is 0 Å². The molecule has 0 aromatic heterocycles. The van der Waals surface area contributed by atoms with Crippen LogP contribution in [0, 0.1) is 5.92 Å². The molecule has 59 heavy (non-hydrogen) atoms. The van der Waals surface area contributed by atoms with E-state index in [0.717, 1.165) is 63.7 Å². The Morgan fingerprint density at radius 2 is 0.644 bits per heavy atom. The number of allylic oxidation sites excluding steroid dienone is 8. The van der Waals surface area contributed by atoms with Gasteiger partial charge in [-0.25, -0.2) is 0 Å². The molecule has 5 nitrogen and oxygen atoms in total. The summed E-state index contributed by atoms with van der Waals surface area (Å²) in [5, 5.41) is 25.7. The molecule has 3 N–H and O–H groups in total. The first kappa shape index (κ1) is 61.2. The summed E-state index contributed by atoms with van der Waals surface area (Å²) in [6.45, 7) is 9.49. The van der Waals surface area contributed by atoms with Crippen molar-refractivity contribution in [2.75, 3.05) is 6.61 Å². The lowest BCUT2D eigenvalue weighted by atomic mass is 10.0. The first-order valence-corrected chi connectivity index (χ1v) is 25.5. The highest BCUT2D eigenvalue weighted by Crippen LogP contribution is 2.15. The minimum absolute atomic E-state index is 0.324. The third kappa shape index (κ3) is 70.7. The van der Waals surface area contributed by atoms with Crippen LogP contribution >= 0.6 is 0 Å². The summed E-state index contributed by atoms with van der Waals surface area (Å²) >= 11 is 0. The van der Waals surface area contributed by atoms with Gasteiger partial charge in [-0.05, 0) is 89.4 Å². The van der Waals surface area contributed by atoms with Gasteiger partial charge in [-0.2, -0.15) is 0 Å². The molecule has 0 aromatic carbocycles. The Morgan fingerprint density at radius 3 is 0.932 bits per heavy atom. The van der Waals surface area contributed by atoms with Crippen molar-refractivity contribution in [1.29, 1.82) is 0 Å². The minimum atomic E-state index is -0.671. The van der Waals surface area contributed by atoms with Crippen molar-refractivity contribution >= 4 is 11.9 Å². The van der Waals surface area contributed by atoms with Gasteiger partial charge in [0.1, 0.15) is 0 Å². The molecule has 0 rings (SSSR count). The number of aliphatic carboxylic acids is 2. The average molecular weight is 831 g/mol. The smallest absolute Gasteiger partial charge is 0.303 e. The largest absolute Gasteiger partial charge is 0.481 e. The van der Waals surface area contributed by atoms with Gasteiger partial charge in [-0.15, -0.1) is 0 Å². The van der Waals surface area contributed by atoms with Crippen LogP contribution in [-0.4, -0.2) is 33.9 Å². The zero-order valence-electron chi connectivity index (χ0n) is 39.9. The lowest BCUT2D eigenvalue weighted by Gasteiger charge is -2.04. The van der Waals surface area contributed by atoms with E-state index in [2.05, 4.69) is 76.3 Å². The zero-order chi connectivity index (χ0) is 44.0. The average Bonchev–Trinajstić information content (AvgIpc) is 3.21. The Kier molecular flexibility index (Phi) is 60.1. The summed E-state index contributed by atoms with van der Waals surface area (Å²) in [5.74, 6) is -0.455. The maximum absolute atomic E-state index is 10.3. The predicted octanol–water partition coefficient (Wildman–Crippen LogP) is 17.9. The minimum Gasteiger partial charge on any atom is -0.481 e. The fourth-order valence-electron chi connectivity index (χ4n) is 6.78. The quantitative estimate of drug-likeness (QED) is 0.0420. The van der Waals surface area contributed by atoms with Crippen LogP contribution in [0.15, 0.2) is 48.6 Å². The molecule has 0 bridgehead atoms. The Bertz CT molecular complexity index is 862. The van der Waals surface area contributed by atoms with Crippen molar-refractivity contribution in [1.82, 2.24) is 0 Å². The maximum atomic E-state index is 10.3. The van der Waals surface area contributed by atoms with Crippen LogP contribution in [0.4, 0.5) is 0 Å². The van der Waals surface area contributed by atoms with E-state index in [0.29, 0.717) is 19.4 Å². The van der Waals surface area contributed by atoms with Gasteiger partial charge >= 0.3 is 11.9 Å². The molecule has 5 heteroatoms. The Balaban J connectivity index is -0.000000798. The highest BCUT2D eigenvalue weighted by molar-refractivity contribution is 5.66. The number of carboxylic acid groups (broad SMARTS) is 2. The molecule has 348 valence electrons. The van der Waals surface area contributed by atoms with Crippen molar-refractivity contribution in [3.05, 3.63) is 48.6 Å². The molecule has 0 aliphatic carbocycles. The van der Waals surface area contributed by atoms with Gasteiger partial charge in [-0.1, -0.05) is 224 Å². The second-order valence-electron chi connectivity index (χ2n) is 17.3. The van der Waals surface area contributed by atoms with E-state index in [9.17, 15) is 9.59 Å². The van der Waals surface area contributed by atoms with E-state index in [1.54, 1.807) is 0 Å². The third-order valence-corrected chi connectivity index (χ3v) is 10.6. The van der Waals surface area contributed by atoms with Crippen LogP contribution in [0.3, 0.4) is 0 Å². The molecule has 0 radical (unpaired) electrons. The SMILES string of the molecule is CC(C)CCCCCCCCCCCCCCCO.CCCCC/C=C\C/C=C\CCCCCCCC(=O)O.CCCCC/C=C\C/C=C\CCCCCCCC(=O)O. The number of aliphatic hydroxyl groups is 1. The molecule has 0 aliphatic heterocycles. The molecule has 0 fully saturated rings. The number of aliphatic hydroxyl groups excluding tert-OH is 1. The van der Waals surface area contributed by atoms with Gasteiger partial charge in [-0.3, -0.25) is 9.59 Å². The Morgan fingerprint density at radius 1 is 0.373 bits per heavy atom. The van der Waals surface area contributed by atoms with Crippen molar-refractivity contribution in [2.24, 2.45) is 5.92 Å². The standard InChI is InChI=1S/2C18H32O2.C18H38O/c2*1-2-3-4-5-6-7-8-9-10-11-12-13-14-15-16-17-18(19)20;1-18(2)16-14-12-10-8-6-4-3-5-7-9-11-13-15-17-19/h2*6-7,9-10H,2-5,8,11-17H2,1H3,(H,19,20);18-19H,3-17H2,1-2H3/b2*7-6-,10-9-;. The van der Waals surface area contributed by atoms with E-state index < -0.39 is 11.9 Å². The Labute approximate surface area is 368 Å². The number of rotatable bonds is 43. The summed E-state index contributed by atoms with van der Waals surface area (Å²) in [5.41, 5.74) is 0. The first-order valence-electron chi connectivity index (χ1n) is 25.5. The number of hydrogen-bond acceptors (Lipinski definition) is 3. The van der Waals surface area contributed by atoms with Crippen LogP contribution in [0.2, 0.25) is 0 Å². The molecule has 0 spiro atoms. The second kappa shape index (κ2) is 58.0. The highest BCUT2D eigenvalue weighted by atomic mass is 16.4. The topological polar surface area (TPSA) is 94.8 Å². The highest BCUT2D eigenvalue weighted by Gasteiger charge is 1.98.